The van der Waals surface area contributed by atoms with Crippen molar-refractivity contribution < 1.29 is 9.18 Å². The Morgan fingerprint density at radius 2 is 2.27 bits per heavy atom. The predicted octanol–water partition coefficient (Wildman–Crippen LogP) is 2.57. The first kappa shape index (κ1) is 12.5. The largest absolute Gasteiger partial charge is 0.358 e. The molecule has 0 bridgehead atoms. The topological polar surface area (TPSA) is 29.1 Å². The van der Waals surface area contributed by atoms with Crippen molar-refractivity contribution >= 4 is 33.6 Å². The molecule has 0 heterocycles. The third-order valence-electron chi connectivity index (χ3n) is 1.70. The molecule has 1 N–H and O–H groups in total. The van der Waals surface area contributed by atoms with E-state index in [1.807, 2.05) is 6.07 Å². The van der Waals surface area contributed by atoms with Crippen LogP contribution >= 0.6 is 27.7 Å². The molecule has 5 heteroatoms. The second-order valence-electron chi connectivity index (χ2n) is 2.94. The van der Waals surface area contributed by atoms with E-state index in [2.05, 4.69) is 21.2 Å². The van der Waals surface area contributed by atoms with E-state index in [0.717, 1.165) is 10.0 Å². The van der Waals surface area contributed by atoms with Gasteiger partial charge in [-0.25, -0.2) is 4.39 Å². The zero-order valence-corrected chi connectivity index (χ0v) is 10.6. The van der Waals surface area contributed by atoms with Crippen molar-refractivity contribution in [3.05, 3.63) is 34.1 Å². The van der Waals surface area contributed by atoms with Crippen molar-refractivity contribution in [3.8, 4) is 0 Å². The van der Waals surface area contributed by atoms with Crippen LogP contribution in [0.2, 0.25) is 0 Å². The Hall–Kier alpha value is -0.550. The van der Waals surface area contributed by atoms with Gasteiger partial charge in [0, 0.05) is 17.3 Å². The van der Waals surface area contributed by atoms with Crippen LogP contribution in [0.5, 0.6) is 0 Å². The van der Waals surface area contributed by atoms with Crippen molar-refractivity contribution in [2.24, 2.45) is 0 Å². The molecular weight excluding hydrogens is 281 g/mol. The minimum Gasteiger partial charge on any atom is -0.358 e. The van der Waals surface area contributed by atoms with Gasteiger partial charge in [0.25, 0.3) is 0 Å². The van der Waals surface area contributed by atoms with Crippen LogP contribution in [0.1, 0.15) is 5.56 Å². The lowest BCUT2D eigenvalue weighted by atomic mass is 10.2. The van der Waals surface area contributed by atoms with Crippen molar-refractivity contribution in [1.29, 1.82) is 0 Å². The van der Waals surface area contributed by atoms with E-state index in [9.17, 15) is 9.18 Å². The number of carbonyl (C=O) groups excluding carboxylic acids is 1. The van der Waals surface area contributed by atoms with E-state index in [1.54, 1.807) is 7.05 Å². The van der Waals surface area contributed by atoms with E-state index in [1.165, 1.54) is 23.9 Å². The summed E-state index contributed by atoms with van der Waals surface area (Å²) in [5.74, 6) is 0.740. The average Bonchev–Trinajstić information content (AvgIpc) is 2.16. The molecule has 1 aromatic carbocycles. The van der Waals surface area contributed by atoms with Crippen LogP contribution in [0.15, 0.2) is 22.7 Å². The van der Waals surface area contributed by atoms with E-state index in [-0.39, 0.29) is 11.7 Å². The van der Waals surface area contributed by atoms with Gasteiger partial charge in [0.1, 0.15) is 5.82 Å². The SMILES string of the molecule is CNC(=O)CSCc1cc(F)cc(Br)c1. The Labute approximate surface area is 101 Å². The standard InChI is InChI=1S/C10H11BrFNOS/c1-13-10(14)6-15-5-7-2-8(11)4-9(12)3-7/h2-4H,5-6H2,1H3,(H,13,14). The zero-order valence-electron chi connectivity index (χ0n) is 8.22. The number of thioether (sulfide) groups is 1. The van der Waals surface area contributed by atoms with Gasteiger partial charge in [-0.05, 0) is 23.8 Å². The normalized spacial score (nSPS) is 10.1. The number of hydrogen-bond acceptors (Lipinski definition) is 2. The van der Waals surface area contributed by atoms with Crippen LogP contribution in [-0.2, 0) is 10.5 Å². The Morgan fingerprint density at radius 1 is 1.53 bits per heavy atom. The Kier molecular flexibility index (Phi) is 5.11. The van der Waals surface area contributed by atoms with E-state index in [4.69, 9.17) is 0 Å². The molecule has 0 aromatic heterocycles. The number of carbonyl (C=O) groups is 1. The summed E-state index contributed by atoms with van der Waals surface area (Å²) in [6, 6.07) is 4.73. The molecule has 0 fully saturated rings. The number of nitrogens with one attached hydrogen (secondary N) is 1. The summed E-state index contributed by atoms with van der Waals surface area (Å²) in [7, 11) is 1.60. The molecule has 0 saturated heterocycles. The molecule has 0 radical (unpaired) electrons. The van der Waals surface area contributed by atoms with Gasteiger partial charge in [-0.3, -0.25) is 4.79 Å². The predicted molar refractivity (Wildman–Crippen MR) is 64.3 cm³/mol. The average molecular weight is 292 g/mol. The molecule has 0 spiro atoms. The second kappa shape index (κ2) is 6.12. The molecule has 1 aromatic rings. The molecule has 1 rings (SSSR count). The van der Waals surface area contributed by atoms with Crippen molar-refractivity contribution in [1.82, 2.24) is 5.32 Å². The summed E-state index contributed by atoms with van der Waals surface area (Å²) in [5.41, 5.74) is 0.871. The third kappa shape index (κ3) is 4.66. The van der Waals surface area contributed by atoms with Gasteiger partial charge in [0.2, 0.25) is 5.91 Å². The van der Waals surface area contributed by atoms with Crippen LogP contribution in [0.25, 0.3) is 0 Å². The summed E-state index contributed by atoms with van der Waals surface area (Å²) in [6.07, 6.45) is 0. The number of hydrogen-bond donors (Lipinski definition) is 1. The second-order valence-corrected chi connectivity index (χ2v) is 4.84. The zero-order chi connectivity index (χ0) is 11.3. The fraction of sp³-hybridized carbons (Fsp3) is 0.300. The maximum atomic E-state index is 13.0. The smallest absolute Gasteiger partial charge is 0.229 e. The first-order valence-corrected chi connectivity index (χ1v) is 6.30. The van der Waals surface area contributed by atoms with E-state index >= 15 is 0 Å². The van der Waals surface area contributed by atoms with Gasteiger partial charge in [0.05, 0.1) is 5.75 Å². The Morgan fingerprint density at radius 3 is 2.87 bits per heavy atom. The molecule has 82 valence electrons. The van der Waals surface area contributed by atoms with Gasteiger partial charge in [0.15, 0.2) is 0 Å². The van der Waals surface area contributed by atoms with Crippen molar-refractivity contribution in [3.63, 3.8) is 0 Å². The molecule has 0 aliphatic rings. The van der Waals surface area contributed by atoms with Crippen molar-refractivity contribution in [2.45, 2.75) is 5.75 Å². The monoisotopic (exact) mass is 291 g/mol. The molecule has 2 nitrogen and oxygen atoms in total. The highest BCUT2D eigenvalue weighted by molar-refractivity contribution is 9.10. The lowest BCUT2D eigenvalue weighted by Gasteiger charge is -2.02. The number of benzene rings is 1. The van der Waals surface area contributed by atoms with Crippen LogP contribution in [0.4, 0.5) is 4.39 Å². The minimum absolute atomic E-state index is 0.0181. The van der Waals surface area contributed by atoms with Gasteiger partial charge >= 0.3 is 0 Å². The lowest BCUT2D eigenvalue weighted by Crippen LogP contribution is -2.19. The van der Waals surface area contributed by atoms with Gasteiger partial charge in [-0.1, -0.05) is 15.9 Å². The van der Waals surface area contributed by atoms with Gasteiger partial charge < -0.3 is 5.32 Å². The van der Waals surface area contributed by atoms with Crippen LogP contribution in [-0.4, -0.2) is 18.7 Å². The molecular formula is C10H11BrFNOS. The van der Waals surface area contributed by atoms with Gasteiger partial charge in [-0.15, -0.1) is 11.8 Å². The van der Waals surface area contributed by atoms with Crippen LogP contribution in [0.3, 0.4) is 0 Å². The number of halogens is 2. The highest BCUT2D eigenvalue weighted by atomic mass is 79.9. The molecule has 1 amide bonds. The molecule has 0 unspecified atom stereocenters. The molecule has 0 atom stereocenters. The van der Waals surface area contributed by atoms with Gasteiger partial charge in [-0.2, -0.15) is 0 Å². The summed E-state index contributed by atoms with van der Waals surface area (Å²) in [5, 5.41) is 2.53. The maximum Gasteiger partial charge on any atom is 0.229 e. The van der Waals surface area contributed by atoms with E-state index in [0.29, 0.717) is 11.5 Å². The van der Waals surface area contributed by atoms with Crippen LogP contribution in [0, 0.1) is 5.82 Å². The Balaban J connectivity index is 2.47. The first-order chi connectivity index (χ1) is 7.11. The maximum absolute atomic E-state index is 13.0. The highest BCUT2D eigenvalue weighted by Gasteiger charge is 2.01. The number of rotatable bonds is 4. The van der Waals surface area contributed by atoms with E-state index < -0.39 is 0 Å². The summed E-state index contributed by atoms with van der Waals surface area (Å²) in [4.78, 5) is 10.9. The molecule has 15 heavy (non-hydrogen) atoms. The third-order valence-corrected chi connectivity index (χ3v) is 3.16. The summed E-state index contributed by atoms with van der Waals surface area (Å²) in [6.45, 7) is 0. The van der Waals surface area contributed by atoms with Crippen LogP contribution < -0.4 is 5.32 Å². The fourth-order valence-electron chi connectivity index (χ4n) is 1.03. The highest BCUT2D eigenvalue weighted by Crippen LogP contribution is 2.18. The first-order valence-electron chi connectivity index (χ1n) is 4.35. The fourth-order valence-corrected chi connectivity index (χ4v) is 2.37. The Bertz CT molecular complexity index is 339. The summed E-state index contributed by atoms with van der Waals surface area (Å²) < 4.78 is 13.7. The molecule has 0 saturated carbocycles. The molecule has 0 aliphatic heterocycles. The number of amides is 1. The summed E-state index contributed by atoms with van der Waals surface area (Å²) >= 11 is 4.68. The lowest BCUT2D eigenvalue weighted by molar-refractivity contribution is -0.118. The quantitative estimate of drug-likeness (QED) is 0.924. The minimum atomic E-state index is -0.264. The van der Waals surface area contributed by atoms with Crippen molar-refractivity contribution in [2.75, 3.05) is 12.8 Å². The molecule has 0 aliphatic carbocycles.